The monoisotopic (exact) mass is 663 g/mol. The number of nitrogens with zero attached hydrogens (tertiary/aromatic N) is 1. The SMILES string of the molecule is Cc1cc(C2=NOC(c3cc(Cl)cc(Cl)c3)(C(F)(F)F)C2)ccc1C(=O)Nc1sc2c(c1C(=O)NCC1CCC1)CCCC2. The second-order valence-corrected chi connectivity index (χ2v) is 13.7. The van der Waals surface area contributed by atoms with E-state index in [-0.39, 0.29) is 27.2 Å². The van der Waals surface area contributed by atoms with Gasteiger partial charge in [0, 0.05) is 39.0 Å². The minimum absolute atomic E-state index is 0.0463. The number of halogens is 5. The standard InChI is InChI=1S/C32H30Cl2F3N3O3S/c1-17-11-19(25-15-31(43-40-25,32(35,36)37)20-12-21(33)14-22(34)13-20)9-10-23(17)28(41)39-30-27(24-7-2-3-8-26(24)44-30)29(42)38-16-18-5-4-6-18/h9-14,18H,2-8,15-16H2,1H3,(H,38,42)(H,39,41). The molecule has 6 rings (SSSR count). The van der Waals surface area contributed by atoms with E-state index in [9.17, 15) is 22.8 Å². The number of nitrogens with one attached hydrogen (secondary N) is 2. The molecule has 0 saturated heterocycles. The largest absolute Gasteiger partial charge is 0.435 e. The van der Waals surface area contributed by atoms with Gasteiger partial charge in [0.2, 0.25) is 0 Å². The Labute approximate surface area is 266 Å². The molecule has 0 bridgehead atoms. The van der Waals surface area contributed by atoms with Gasteiger partial charge < -0.3 is 15.5 Å². The second-order valence-electron chi connectivity index (χ2n) is 11.7. The van der Waals surface area contributed by atoms with Crippen LogP contribution in [0, 0.1) is 12.8 Å². The third kappa shape index (κ3) is 5.84. The van der Waals surface area contributed by atoms with Crippen LogP contribution in [0.2, 0.25) is 10.0 Å². The van der Waals surface area contributed by atoms with Crippen LogP contribution in [0.25, 0.3) is 0 Å². The molecule has 2 aromatic carbocycles. The first-order valence-corrected chi connectivity index (χ1v) is 16.2. The molecule has 1 atom stereocenters. The Hall–Kier alpha value is -3.08. The second kappa shape index (κ2) is 12.0. The lowest BCUT2D eigenvalue weighted by Gasteiger charge is -2.29. The van der Waals surface area contributed by atoms with E-state index in [0.717, 1.165) is 49.0 Å². The van der Waals surface area contributed by atoms with Gasteiger partial charge in [0.1, 0.15) is 5.00 Å². The van der Waals surface area contributed by atoms with E-state index in [2.05, 4.69) is 15.8 Å². The van der Waals surface area contributed by atoms with Gasteiger partial charge in [0.05, 0.1) is 11.3 Å². The van der Waals surface area contributed by atoms with Crippen molar-refractivity contribution in [2.45, 2.75) is 70.1 Å². The molecule has 3 aromatic rings. The topological polar surface area (TPSA) is 79.8 Å². The molecule has 1 saturated carbocycles. The van der Waals surface area contributed by atoms with E-state index in [4.69, 9.17) is 28.0 Å². The summed E-state index contributed by atoms with van der Waals surface area (Å²) >= 11 is 13.5. The van der Waals surface area contributed by atoms with Crippen LogP contribution >= 0.6 is 34.5 Å². The normalized spacial score (nSPS) is 19.9. The molecule has 0 spiro atoms. The predicted molar refractivity (Wildman–Crippen MR) is 166 cm³/mol. The molecule has 1 fully saturated rings. The number of aryl methyl sites for hydroxylation is 2. The van der Waals surface area contributed by atoms with Crippen LogP contribution in [0.3, 0.4) is 0 Å². The lowest BCUT2D eigenvalue weighted by atomic mass is 9.85. The molecule has 3 aliphatic rings. The summed E-state index contributed by atoms with van der Waals surface area (Å²) < 4.78 is 43.3. The van der Waals surface area contributed by atoms with Crippen molar-refractivity contribution in [3.63, 3.8) is 0 Å². The molecule has 2 N–H and O–H groups in total. The van der Waals surface area contributed by atoms with Gasteiger partial charge in [-0.05, 0) is 98.4 Å². The summed E-state index contributed by atoms with van der Waals surface area (Å²) in [5.74, 6) is -0.0531. The van der Waals surface area contributed by atoms with Crippen LogP contribution in [0.15, 0.2) is 41.6 Å². The van der Waals surface area contributed by atoms with E-state index in [1.807, 2.05) is 0 Å². The molecular formula is C32H30Cl2F3N3O3S. The Bertz CT molecular complexity index is 1650. The Morgan fingerprint density at radius 1 is 1.05 bits per heavy atom. The summed E-state index contributed by atoms with van der Waals surface area (Å²) in [6, 6.07) is 8.39. The minimum atomic E-state index is -4.82. The van der Waals surface area contributed by atoms with E-state index in [1.165, 1.54) is 36.0 Å². The maximum Gasteiger partial charge on any atom is 0.435 e. The summed E-state index contributed by atoms with van der Waals surface area (Å²) in [6.45, 7) is 2.33. The van der Waals surface area contributed by atoms with Gasteiger partial charge in [-0.15, -0.1) is 11.3 Å². The number of carbonyl (C=O) groups is 2. The number of carbonyl (C=O) groups excluding carboxylic acids is 2. The first-order valence-electron chi connectivity index (χ1n) is 14.6. The van der Waals surface area contributed by atoms with Gasteiger partial charge in [-0.2, -0.15) is 13.2 Å². The molecule has 1 aliphatic heterocycles. The zero-order chi connectivity index (χ0) is 31.2. The molecule has 0 radical (unpaired) electrons. The van der Waals surface area contributed by atoms with Crippen LogP contribution in [0.1, 0.15) is 86.4 Å². The molecule has 1 unspecified atom stereocenters. The van der Waals surface area contributed by atoms with Crippen molar-refractivity contribution in [3.8, 4) is 0 Å². The minimum Gasteiger partial charge on any atom is -0.374 e. The van der Waals surface area contributed by atoms with E-state index >= 15 is 0 Å². The Morgan fingerprint density at radius 3 is 2.43 bits per heavy atom. The smallest absolute Gasteiger partial charge is 0.374 e. The number of oxime groups is 1. The number of thiophene rings is 1. The fourth-order valence-corrected chi connectivity index (χ4v) is 7.84. The Balaban J connectivity index is 1.22. The molecule has 6 nitrogen and oxygen atoms in total. The van der Waals surface area contributed by atoms with Gasteiger partial charge in [-0.1, -0.05) is 40.8 Å². The highest BCUT2D eigenvalue weighted by atomic mass is 35.5. The summed E-state index contributed by atoms with van der Waals surface area (Å²) in [7, 11) is 0. The average Bonchev–Trinajstić information content (AvgIpc) is 3.54. The summed E-state index contributed by atoms with van der Waals surface area (Å²) in [5, 5.41) is 10.5. The van der Waals surface area contributed by atoms with Crippen molar-refractivity contribution in [1.29, 1.82) is 0 Å². The van der Waals surface area contributed by atoms with Crippen LogP contribution in [-0.4, -0.2) is 30.2 Å². The fraction of sp³-hybridized carbons (Fsp3) is 0.406. The summed E-state index contributed by atoms with van der Waals surface area (Å²) in [6.07, 6.45) is 1.71. The van der Waals surface area contributed by atoms with E-state index < -0.39 is 24.1 Å². The Kier molecular flexibility index (Phi) is 8.45. The third-order valence-corrected chi connectivity index (χ3v) is 10.4. The number of alkyl halides is 3. The predicted octanol–water partition coefficient (Wildman–Crippen LogP) is 8.61. The number of amides is 2. The summed E-state index contributed by atoms with van der Waals surface area (Å²) in [4.78, 5) is 33.0. The van der Waals surface area contributed by atoms with Crippen molar-refractivity contribution in [1.82, 2.24) is 5.32 Å². The van der Waals surface area contributed by atoms with Crippen molar-refractivity contribution in [2.75, 3.05) is 11.9 Å². The van der Waals surface area contributed by atoms with Gasteiger partial charge in [0.15, 0.2) is 0 Å². The highest BCUT2D eigenvalue weighted by Gasteiger charge is 2.62. The fourth-order valence-electron chi connectivity index (χ4n) is 6.03. The van der Waals surface area contributed by atoms with Crippen LogP contribution in [0.4, 0.5) is 18.2 Å². The molecule has 232 valence electrons. The number of benzene rings is 2. The lowest BCUT2D eigenvalue weighted by molar-refractivity contribution is -0.275. The van der Waals surface area contributed by atoms with Crippen molar-refractivity contribution < 1.29 is 27.6 Å². The first-order chi connectivity index (χ1) is 20.9. The molecule has 2 aliphatic carbocycles. The lowest BCUT2D eigenvalue weighted by Crippen LogP contribution is -2.42. The highest BCUT2D eigenvalue weighted by Crippen LogP contribution is 2.50. The van der Waals surface area contributed by atoms with Crippen molar-refractivity contribution in [2.24, 2.45) is 11.1 Å². The van der Waals surface area contributed by atoms with Crippen LogP contribution < -0.4 is 10.6 Å². The van der Waals surface area contributed by atoms with Gasteiger partial charge in [-0.25, -0.2) is 0 Å². The Morgan fingerprint density at radius 2 is 1.77 bits per heavy atom. The van der Waals surface area contributed by atoms with Crippen LogP contribution in [-0.2, 0) is 23.3 Å². The molecule has 2 heterocycles. The molecule has 44 heavy (non-hydrogen) atoms. The number of fused-ring (bicyclic) bond motifs is 1. The van der Waals surface area contributed by atoms with Crippen molar-refractivity contribution in [3.05, 3.63) is 84.7 Å². The zero-order valence-corrected chi connectivity index (χ0v) is 26.2. The van der Waals surface area contributed by atoms with Gasteiger partial charge in [-0.3, -0.25) is 9.59 Å². The summed E-state index contributed by atoms with van der Waals surface area (Å²) in [5.41, 5.74) is -0.100. The van der Waals surface area contributed by atoms with Crippen molar-refractivity contribution >= 4 is 57.1 Å². The van der Waals surface area contributed by atoms with Crippen LogP contribution in [0.5, 0.6) is 0 Å². The quantitative estimate of drug-likeness (QED) is 0.266. The maximum atomic E-state index is 14.4. The van der Waals surface area contributed by atoms with Gasteiger partial charge in [0.25, 0.3) is 17.4 Å². The van der Waals surface area contributed by atoms with E-state index in [1.54, 1.807) is 25.1 Å². The molecular weight excluding hydrogens is 634 g/mol. The first kappa shape index (κ1) is 30.9. The zero-order valence-electron chi connectivity index (χ0n) is 23.9. The number of hydrogen-bond donors (Lipinski definition) is 2. The molecule has 1 aromatic heterocycles. The maximum absolute atomic E-state index is 14.4. The number of hydrogen-bond acceptors (Lipinski definition) is 5. The average molecular weight is 665 g/mol. The third-order valence-electron chi connectivity index (χ3n) is 8.72. The van der Waals surface area contributed by atoms with Gasteiger partial charge >= 0.3 is 6.18 Å². The molecule has 2 amide bonds. The molecule has 12 heteroatoms. The number of rotatable bonds is 7. The van der Waals surface area contributed by atoms with E-state index in [0.29, 0.717) is 39.7 Å². The number of anilines is 1. The highest BCUT2D eigenvalue weighted by molar-refractivity contribution is 7.17.